The van der Waals surface area contributed by atoms with Crippen molar-refractivity contribution in [1.29, 1.82) is 0 Å². The first-order chi connectivity index (χ1) is 17.9. The van der Waals surface area contributed by atoms with Crippen molar-refractivity contribution in [3.8, 4) is 17.2 Å². The lowest BCUT2D eigenvalue weighted by Gasteiger charge is -2.32. The number of carbonyl (C=O) groups excluding carboxylic acids is 1. The molecule has 0 spiro atoms. The second kappa shape index (κ2) is 10.4. The number of hydrogen-bond donors (Lipinski definition) is 3. The van der Waals surface area contributed by atoms with Crippen LogP contribution in [0.15, 0.2) is 54.9 Å². The molecule has 37 heavy (non-hydrogen) atoms. The minimum atomic E-state index is -0.450. The lowest BCUT2D eigenvalue weighted by Crippen LogP contribution is -2.41. The van der Waals surface area contributed by atoms with Gasteiger partial charge in [0.05, 0.1) is 25.3 Å². The molecule has 8 heteroatoms. The van der Waals surface area contributed by atoms with E-state index in [-0.39, 0.29) is 29.7 Å². The fourth-order valence-corrected chi connectivity index (χ4v) is 5.71. The molecule has 2 saturated heterocycles. The Morgan fingerprint density at radius 2 is 1.76 bits per heavy atom. The van der Waals surface area contributed by atoms with Crippen molar-refractivity contribution in [2.75, 3.05) is 13.2 Å². The highest BCUT2D eigenvalue weighted by Gasteiger charge is 2.56. The Hall–Kier alpha value is -3.62. The van der Waals surface area contributed by atoms with Crippen LogP contribution in [0.4, 0.5) is 0 Å². The standard InChI is InChI=1S/C29H34N4O4/c1-5-36-22-10-9-20(14-23(22)37-6-2)27-24-25(21-13-17(3)12-18(4)28(21)34)31-32-26(24)29(35)33(27)16-19-8-7-11-30-15-19/h7-15,24-27,31-32,34H,5-6,16H2,1-4H3. The summed E-state index contributed by atoms with van der Waals surface area (Å²) < 4.78 is 11.7. The highest BCUT2D eigenvalue weighted by atomic mass is 16.5. The van der Waals surface area contributed by atoms with E-state index in [1.165, 1.54) is 0 Å². The zero-order valence-corrected chi connectivity index (χ0v) is 21.7. The second-order valence-electron chi connectivity index (χ2n) is 9.69. The summed E-state index contributed by atoms with van der Waals surface area (Å²) in [6, 6.07) is 12.7. The molecule has 4 unspecified atom stereocenters. The van der Waals surface area contributed by atoms with Crippen LogP contribution in [0.3, 0.4) is 0 Å². The van der Waals surface area contributed by atoms with E-state index in [0.29, 0.717) is 31.3 Å². The van der Waals surface area contributed by atoms with Crippen LogP contribution in [0, 0.1) is 19.8 Å². The van der Waals surface area contributed by atoms with Gasteiger partial charge in [-0.1, -0.05) is 29.8 Å². The maximum atomic E-state index is 13.8. The van der Waals surface area contributed by atoms with Crippen LogP contribution in [-0.2, 0) is 11.3 Å². The number of fused-ring (bicyclic) bond motifs is 1. The van der Waals surface area contributed by atoms with Crippen LogP contribution in [-0.4, -0.2) is 40.2 Å². The molecule has 2 aliphatic rings. The van der Waals surface area contributed by atoms with E-state index in [2.05, 4.69) is 15.8 Å². The number of ether oxygens (including phenoxy) is 2. The number of rotatable bonds is 8. The molecule has 2 aliphatic heterocycles. The molecule has 3 heterocycles. The summed E-state index contributed by atoms with van der Waals surface area (Å²) in [4.78, 5) is 20.0. The normalized spacial score (nSPS) is 22.8. The van der Waals surface area contributed by atoms with E-state index in [4.69, 9.17) is 9.47 Å². The number of hydrogen-bond acceptors (Lipinski definition) is 7. The number of amides is 1. The molecule has 8 nitrogen and oxygen atoms in total. The van der Waals surface area contributed by atoms with Gasteiger partial charge in [0.25, 0.3) is 0 Å². The topological polar surface area (TPSA) is 96.0 Å². The van der Waals surface area contributed by atoms with Crippen LogP contribution in [0.5, 0.6) is 17.2 Å². The molecule has 0 aliphatic carbocycles. The second-order valence-corrected chi connectivity index (χ2v) is 9.69. The van der Waals surface area contributed by atoms with Crippen molar-refractivity contribution in [2.24, 2.45) is 5.92 Å². The van der Waals surface area contributed by atoms with E-state index in [1.807, 2.05) is 75.1 Å². The Labute approximate surface area is 217 Å². The number of carbonyl (C=O) groups is 1. The summed E-state index contributed by atoms with van der Waals surface area (Å²) in [5.74, 6) is 1.42. The number of likely N-dealkylation sites (tertiary alicyclic amines) is 1. The van der Waals surface area contributed by atoms with Gasteiger partial charge >= 0.3 is 0 Å². The Bertz CT molecular complexity index is 1280. The number of aryl methyl sites for hydroxylation is 2. The Morgan fingerprint density at radius 1 is 1.00 bits per heavy atom. The molecule has 2 aromatic carbocycles. The van der Waals surface area contributed by atoms with Gasteiger partial charge < -0.3 is 19.5 Å². The highest BCUT2D eigenvalue weighted by molar-refractivity contribution is 5.86. The van der Waals surface area contributed by atoms with Crippen molar-refractivity contribution in [2.45, 2.75) is 52.4 Å². The zero-order valence-electron chi connectivity index (χ0n) is 21.7. The largest absolute Gasteiger partial charge is 0.507 e. The van der Waals surface area contributed by atoms with Gasteiger partial charge in [0.15, 0.2) is 11.5 Å². The zero-order chi connectivity index (χ0) is 26.1. The summed E-state index contributed by atoms with van der Waals surface area (Å²) in [5, 5.41) is 11.0. The third kappa shape index (κ3) is 4.63. The van der Waals surface area contributed by atoms with E-state index in [9.17, 15) is 9.90 Å². The fourth-order valence-electron chi connectivity index (χ4n) is 5.71. The molecule has 3 N–H and O–H groups in total. The van der Waals surface area contributed by atoms with Crippen molar-refractivity contribution >= 4 is 5.91 Å². The molecule has 0 bridgehead atoms. The Balaban J connectivity index is 1.62. The predicted octanol–water partition coefficient (Wildman–Crippen LogP) is 4.12. The first-order valence-electron chi connectivity index (χ1n) is 12.8. The third-order valence-electron chi connectivity index (χ3n) is 7.21. The van der Waals surface area contributed by atoms with E-state index in [1.54, 1.807) is 12.4 Å². The van der Waals surface area contributed by atoms with Crippen LogP contribution in [0.25, 0.3) is 0 Å². The number of aromatic hydroxyl groups is 1. The first-order valence-corrected chi connectivity index (χ1v) is 12.8. The summed E-state index contributed by atoms with van der Waals surface area (Å²) in [6.07, 6.45) is 3.52. The number of pyridine rings is 1. The van der Waals surface area contributed by atoms with Gasteiger partial charge in [0, 0.05) is 30.4 Å². The van der Waals surface area contributed by atoms with Gasteiger partial charge in [-0.25, -0.2) is 10.9 Å². The molecule has 5 rings (SSSR count). The van der Waals surface area contributed by atoms with Crippen molar-refractivity contribution < 1.29 is 19.4 Å². The molecule has 1 aromatic heterocycles. The fraction of sp³-hybridized carbons (Fsp3) is 0.379. The number of nitrogens with one attached hydrogen (secondary N) is 2. The Morgan fingerprint density at radius 3 is 2.49 bits per heavy atom. The summed E-state index contributed by atoms with van der Waals surface area (Å²) in [7, 11) is 0. The number of benzene rings is 2. The van der Waals surface area contributed by atoms with E-state index >= 15 is 0 Å². The van der Waals surface area contributed by atoms with Crippen LogP contribution < -0.4 is 20.3 Å². The predicted molar refractivity (Wildman–Crippen MR) is 140 cm³/mol. The van der Waals surface area contributed by atoms with E-state index < -0.39 is 6.04 Å². The molecule has 2 fully saturated rings. The maximum absolute atomic E-state index is 13.8. The van der Waals surface area contributed by atoms with E-state index in [0.717, 1.165) is 27.8 Å². The minimum absolute atomic E-state index is 0.00422. The lowest BCUT2D eigenvalue weighted by molar-refractivity contribution is -0.131. The third-order valence-corrected chi connectivity index (χ3v) is 7.21. The van der Waals surface area contributed by atoms with Gasteiger partial charge in [-0.2, -0.15) is 0 Å². The van der Waals surface area contributed by atoms with Gasteiger partial charge in [-0.3, -0.25) is 9.78 Å². The smallest absolute Gasteiger partial charge is 0.242 e. The Kier molecular flexibility index (Phi) is 7.04. The van der Waals surface area contributed by atoms with Crippen LogP contribution in [0.2, 0.25) is 0 Å². The summed E-state index contributed by atoms with van der Waals surface area (Å²) in [5.41, 5.74) is 11.1. The summed E-state index contributed by atoms with van der Waals surface area (Å²) in [6.45, 7) is 9.25. The van der Waals surface area contributed by atoms with Gasteiger partial charge in [0.2, 0.25) is 5.91 Å². The molecule has 4 atom stereocenters. The molecular weight excluding hydrogens is 468 g/mol. The van der Waals surface area contributed by atoms with Crippen molar-refractivity contribution in [3.05, 3.63) is 82.7 Å². The van der Waals surface area contributed by atoms with Crippen molar-refractivity contribution in [3.63, 3.8) is 0 Å². The van der Waals surface area contributed by atoms with Crippen LogP contribution in [0.1, 0.15) is 53.7 Å². The highest BCUT2D eigenvalue weighted by Crippen LogP contribution is 2.50. The molecule has 3 aromatic rings. The first kappa shape index (κ1) is 25.0. The number of nitrogens with zero attached hydrogens (tertiary/aromatic N) is 2. The van der Waals surface area contributed by atoms with Gasteiger partial charge in [-0.15, -0.1) is 0 Å². The average molecular weight is 503 g/mol. The number of phenolic OH excluding ortho intramolecular Hbond substituents is 1. The molecule has 1 amide bonds. The number of hydrazine groups is 1. The quantitative estimate of drug-likeness (QED) is 0.426. The average Bonchev–Trinajstić information content (AvgIpc) is 3.42. The molecular formula is C29H34N4O4. The number of phenols is 1. The summed E-state index contributed by atoms with van der Waals surface area (Å²) >= 11 is 0. The monoisotopic (exact) mass is 502 g/mol. The SMILES string of the molecule is CCOc1ccc(C2C3C(NNC3c3cc(C)cc(C)c3O)C(=O)N2Cc2cccnc2)cc1OCC. The maximum Gasteiger partial charge on any atom is 0.242 e. The van der Waals surface area contributed by atoms with Crippen molar-refractivity contribution in [1.82, 2.24) is 20.7 Å². The van der Waals surface area contributed by atoms with Crippen LogP contribution >= 0.6 is 0 Å². The van der Waals surface area contributed by atoms with Gasteiger partial charge in [-0.05, 0) is 62.6 Å². The lowest BCUT2D eigenvalue weighted by atomic mass is 9.82. The minimum Gasteiger partial charge on any atom is -0.507 e. The van der Waals surface area contributed by atoms with Gasteiger partial charge in [0.1, 0.15) is 11.8 Å². The molecule has 0 saturated carbocycles. The molecule has 194 valence electrons. The molecule has 0 radical (unpaired) electrons. The number of aromatic nitrogens is 1.